The van der Waals surface area contributed by atoms with E-state index in [9.17, 15) is 0 Å². The molecule has 9 aromatic carbocycles. The Morgan fingerprint density at radius 3 is 1.58 bits per heavy atom. The Labute approximate surface area is 303 Å². The van der Waals surface area contributed by atoms with Gasteiger partial charge in [0.15, 0.2) is 0 Å². The van der Waals surface area contributed by atoms with Gasteiger partial charge in [0.1, 0.15) is 11.5 Å². The summed E-state index contributed by atoms with van der Waals surface area (Å²) in [7, 11) is 0. The number of hydrogen-bond acceptors (Lipinski definition) is 2. The van der Waals surface area contributed by atoms with Crippen molar-refractivity contribution in [2.45, 2.75) is 0 Å². The van der Waals surface area contributed by atoms with Crippen LogP contribution >= 0.6 is 0 Å². The second-order valence-corrected chi connectivity index (χ2v) is 13.4. The molecule has 0 radical (unpaired) electrons. The Kier molecular flexibility index (Phi) is 7.18. The number of rotatable bonds is 5. The normalized spacial score (nSPS) is 11.6. The first-order chi connectivity index (χ1) is 25.8. The lowest BCUT2D eigenvalue weighted by atomic mass is 9.89. The van der Waals surface area contributed by atoms with Crippen LogP contribution in [0.2, 0.25) is 0 Å². The van der Waals surface area contributed by atoms with E-state index in [1.807, 2.05) is 0 Å². The fourth-order valence-corrected chi connectivity index (χ4v) is 7.67. The van der Waals surface area contributed by atoms with Crippen LogP contribution in [0.1, 0.15) is 0 Å². The summed E-state index contributed by atoms with van der Waals surface area (Å²) in [5.41, 5.74) is 12.3. The van der Waals surface area contributed by atoms with Crippen molar-refractivity contribution < 1.29 is 4.74 Å². The first-order valence-electron chi connectivity index (χ1n) is 17.8. The van der Waals surface area contributed by atoms with E-state index in [4.69, 9.17) is 4.74 Å². The molecule has 0 spiro atoms. The highest BCUT2D eigenvalue weighted by Crippen LogP contribution is 2.54. The number of hydrogen-bond donors (Lipinski definition) is 0. The molecule has 52 heavy (non-hydrogen) atoms. The first-order valence-corrected chi connectivity index (χ1v) is 17.8. The number of anilines is 3. The van der Waals surface area contributed by atoms with E-state index in [1.54, 1.807) is 0 Å². The lowest BCUT2D eigenvalue weighted by Gasteiger charge is -2.29. The average Bonchev–Trinajstić information content (AvgIpc) is 3.35. The molecule has 2 nitrogen and oxygen atoms in total. The quantitative estimate of drug-likeness (QED) is 0.182. The van der Waals surface area contributed by atoms with Crippen LogP contribution in [0.3, 0.4) is 0 Å². The van der Waals surface area contributed by atoms with Gasteiger partial charge in [-0.05, 0) is 116 Å². The smallest absolute Gasteiger partial charge is 0.137 e. The van der Waals surface area contributed by atoms with Crippen molar-refractivity contribution in [1.82, 2.24) is 0 Å². The Hall–Kier alpha value is -6.90. The van der Waals surface area contributed by atoms with Crippen LogP contribution < -0.4 is 9.64 Å². The van der Waals surface area contributed by atoms with Gasteiger partial charge in [0.25, 0.3) is 0 Å². The highest BCUT2D eigenvalue weighted by molar-refractivity contribution is 6.05. The Balaban J connectivity index is 1.22. The molecule has 0 aromatic heterocycles. The fraction of sp³-hybridized carbons (Fsp3) is 0. The van der Waals surface area contributed by atoms with E-state index in [-0.39, 0.29) is 0 Å². The molecule has 0 atom stereocenters. The van der Waals surface area contributed by atoms with Crippen molar-refractivity contribution in [2.75, 3.05) is 4.90 Å². The third-order valence-electron chi connectivity index (χ3n) is 10.2. The monoisotopic (exact) mass is 663 g/mol. The molecule has 10 rings (SSSR count). The van der Waals surface area contributed by atoms with Gasteiger partial charge in [0.2, 0.25) is 0 Å². The van der Waals surface area contributed by atoms with E-state index in [0.717, 1.165) is 61.9 Å². The summed E-state index contributed by atoms with van der Waals surface area (Å²) in [5, 5.41) is 4.79. The third-order valence-corrected chi connectivity index (χ3v) is 10.2. The van der Waals surface area contributed by atoms with E-state index in [2.05, 4.69) is 205 Å². The summed E-state index contributed by atoms with van der Waals surface area (Å²) >= 11 is 0. The molecule has 244 valence electrons. The molecule has 0 amide bonds. The van der Waals surface area contributed by atoms with E-state index in [1.165, 1.54) is 32.7 Å². The van der Waals surface area contributed by atoms with Gasteiger partial charge in [0.05, 0.1) is 5.69 Å². The van der Waals surface area contributed by atoms with Crippen LogP contribution in [-0.4, -0.2) is 0 Å². The van der Waals surface area contributed by atoms with Crippen molar-refractivity contribution in [2.24, 2.45) is 0 Å². The maximum absolute atomic E-state index is 7.06. The predicted molar refractivity (Wildman–Crippen MR) is 218 cm³/mol. The largest absolute Gasteiger partial charge is 0.456 e. The fourth-order valence-electron chi connectivity index (χ4n) is 7.67. The Bertz CT molecular complexity index is 2750. The summed E-state index contributed by atoms with van der Waals surface area (Å²) in [6.45, 7) is 0. The van der Waals surface area contributed by atoms with Crippen LogP contribution in [0.4, 0.5) is 17.1 Å². The molecular weight excluding hydrogens is 631 g/mol. The molecule has 0 unspecified atom stereocenters. The van der Waals surface area contributed by atoms with Crippen LogP contribution in [0.15, 0.2) is 200 Å². The molecule has 0 saturated heterocycles. The number of ether oxygens (including phenoxy) is 1. The molecule has 2 heteroatoms. The van der Waals surface area contributed by atoms with Gasteiger partial charge >= 0.3 is 0 Å². The molecule has 1 aliphatic heterocycles. The molecule has 0 N–H and O–H groups in total. The molecule has 0 aliphatic carbocycles. The minimum Gasteiger partial charge on any atom is -0.456 e. The molecule has 0 fully saturated rings. The topological polar surface area (TPSA) is 12.5 Å². The lowest BCUT2D eigenvalue weighted by molar-refractivity contribution is 0.488. The average molecular weight is 664 g/mol. The molecular formula is C50H33NO. The second kappa shape index (κ2) is 12.5. The van der Waals surface area contributed by atoms with Gasteiger partial charge in [-0.25, -0.2) is 0 Å². The number of fused-ring (bicyclic) bond motifs is 7. The van der Waals surface area contributed by atoms with Crippen molar-refractivity contribution in [3.8, 4) is 56.0 Å². The van der Waals surface area contributed by atoms with Crippen molar-refractivity contribution >= 4 is 38.6 Å². The molecule has 1 aliphatic rings. The van der Waals surface area contributed by atoms with Gasteiger partial charge in [-0.3, -0.25) is 0 Å². The summed E-state index contributed by atoms with van der Waals surface area (Å²) < 4.78 is 7.06. The number of benzene rings is 9. The van der Waals surface area contributed by atoms with Crippen LogP contribution in [0.5, 0.6) is 11.5 Å². The third kappa shape index (κ3) is 5.21. The predicted octanol–water partition coefficient (Wildman–Crippen LogP) is 14.2. The van der Waals surface area contributed by atoms with Gasteiger partial charge in [-0.15, -0.1) is 0 Å². The maximum atomic E-state index is 7.06. The summed E-state index contributed by atoms with van der Waals surface area (Å²) in [6, 6.07) is 71.7. The Morgan fingerprint density at radius 1 is 0.308 bits per heavy atom. The SMILES string of the molecule is c1ccc(-c2ccc(N(c3ccc4ccccc4c3)c3cccc4c3-c3cc5ccccc5cc3-c3ccc(-c5ccccc5)cc3O4)cc2)cc1. The van der Waals surface area contributed by atoms with Crippen molar-refractivity contribution in [3.63, 3.8) is 0 Å². The number of nitrogens with zero attached hydrogens (tertiary/aromatic N) is 1. The molecule has 1 heterocycles. The maximum Gasteiger partial charge on any atom is 0.137 e. The second-order valence-electron chi connectivity index (χ2n) is 13.4. The van der Waals surface area contributed by atoms with Crippen LogP contribution in [0, 0.1) is 0 Å². The van der Waals surface area contributed by atoms with Crippen molar-refractivity contribution in [3.05, 3.63) is 200 Å². The zero-order valence-electron chi connectivity index (χ0n) is 28.4. The Morgan fingerprint density at radius 2 is 0.865 bits per heavy atom. The van der Waals surface area contributed by atoms with Crippen LogP contribution in [0.25, 0.3) is 66.1 Å². The minimum atomic E-state index is 0.824. The minimum absolute atomic E-state index is 0.824. The van der Waals surface area contributed by atoms with Gasteiger partial charge in [0, 0.05) is 22.5 Å². The van der Waals surface area contributed by atoms with Crippen molar-refractivity contribution in [1.29, 1.82) is 0 Å². The molecule has 0 saturated carbocycles. The zero-order chi connectivity index (χ0) is 34.4. The highest BCUT2D eigenvalue weighted by Gasteiger charge is 2.27. The zero-order valence-corrected chi connectivity index (χ0v) is 28.4. The first kappa shape index (κ1) is 30.0. The highest BCUT2D eigenvalue weighted by atomic mass is 16.5. The molecule has 9 aromatic rings. The van der Waals surface area contributed by atoms with Gasteiger partial charge in [-0.2, -0.15) is 0 Å². The summed E-state index contributed by atoms with van der Waals surface area (Å²) in [6.07, 6.45) is 0. The van der Waals surface area contributed by atoms with E-state index < -0.39 is 0 Å². The molecule has 0 bridgehead atoms. The summed E-state index contributed by atoms with van der Waals surface area (Å²) in [4.78, 5) is 2.38. The summed E-state index contributed by atoms with van der Waals surface area (Å²) in [5.74, 6) is 1.67. The standard InChI is InChI=1S/C50H33NO/c1-3-12-34(13-4-1)37-22-26-42(27-23-37)51(43-28-24-36-16-7-8-17-38(36)30-43)47-20-11-21-48-50(47)46-32-40-19-10-9-18-39(40)31-45(46)44-29-25-41(33-49(44)52-48)35-14-5-2-6-15-35/h1-33H. The lowest BCUT2D eigenvalue weighted by Crippen LogP contribution is -2.11. The van der Waals surface area contributed by atoms with E-state index >= 15 is 0 Å². The van der Waals surface area contributed by atoms with E-state index in [0.29, 0.717) is 0 Å². The van der Waals surface area contributed by atoms with Crippen LogP contribution in [-0.2, 0) is 0 Å². The van der Waals surface area contributed by atoms with Gasteiger partial charge in [-0.1, -0.05) is 140 Å². The van der Waals surface area contributed by atoms with Gasteiger partial charge < -0.3 is 9.64 Å².